The van der Waals surface area contributed by atoms with Crippen LogP contribution in [0.4, 0.5) is 5.69 Å². The fraction of sp³-hybridized carbons (Fsp3) is 0.394. The first-order chi connectivity index (χ1) is 19.9. The lowest BCUT2D eigenvalue weighted by Crippen LogP contribution is -2.53. The van der Waals surface area contributed by atoms with Crippen molar-refractivity contribution >= 4 is 27.5 Å². The van der Waals surface area contributed by atoms with E-state index in [-0.39, 0.29) is 29.1 Å². The van der Waals surface area contributed by atoms with Crippen molar-refractivity contribution in [2.24, 2.45) is 0 Å². The molecule has 8 nitrogen and oxygen atoms in total. The van der Waals surface area contributed by atoms with Crippen molar-refractivity contribution in [3.63, 3.8) is 0 Å². The number of rotatable bonds is 13. The highest BCUT2D eigenvalue weighted by Crippen LogP contribution is 2.34. The van der Waals surface area contributed by atoms with Gasteiger partial charge in [0.1, 0.15) is 18.3 Å². The molecule has 0 aromatic heterocycles. The van der Waals surface area contributed by atoms with Crippen LogP contribution in [-0.2, 0) is 26.2 Å². The lowest BCUT2D eigenvalue weighted by molar-refractivity contribution is -0.140. The van der Waals surface area contributed by atoms with Crippen molar-refractivity contribution < 1.29 is 22.7 Å². The molecule has 0 radical (unpaired) electrons. The quantitative estimate of drug-likeness (QED) is 0.281. The molecule has 3 aromatic rings. The number of sulfonamides is 1. The van der Waals surface area contributed by atoms with E-state index in [2.05, 4.69) is 5.32 Å². The Kier molecular flexibility index (Phi) is 11.2. The van der Waals surface area contributed by atoms with Gasteiger partial charge in [-0.05, 0) is 75.9 Å². The van der Waals surface area contributed by atoms with Crippen molar-refractivity contribution in [3.8, 4) is 5.75 Å². The predicted octanol–water partition coefficient (Wildman–Crippen LogP) is 5.54. The summed E-state index contributed by atoms with van der Waals surface area (Å²) in [5.41, 5.74) is 3.87. The van der Waals surface area contributed by atoms with Crippen molar-refractivity contribution in [2.45, 2.75) is 77.9 Å². The third-order valence-electron chi connectivity index (χ3n) is 7.35. The Morgan fingerprint density at radius 3 is 1.98 bits per heavy atom. The van der Waals surface area contributed by atoms with Gasteiger partial charge in [0.25, 0.3) is 10.0 Å². The molecule has 0 saturated carbocycles. The van der Waals surface area contributed by atoms with Crippen molar-refractivity contribution in [3.05, 3.63) is 89.0 Å². The number of anilines is 1. The number of hydrogen-bond donors (Lipinski definition) is 1. The van der Waals surface area contributed by atoms with Gasteiger partial charge in [0.15, 0.2) is 0 Å². The maximum atomic E-state index is 14.3. The molecule has 0 saturated heterocycles. The average molecular weight is 594 g/mol. The summed E-state index contributed by atoms with van der Waals surface area (Å²) < 4.78 is 34.9. The van der Waals surface area contributed by atoms with Gasteiger partial charge in [-0.15, -0.1) is 0 Å². The summed E-state index contributed by atoms with van der Waals surface area (Å²) >= 11 is 0. The second kappa shape index (κ2) is 14.4. The first kappa shape index (κ1) is 32.7. The summed E-state index contributed by atoms with van der Waals surface area (Å²) in [6.45, 7) is 11.1. The van der Waals surface area contributed by atoms with E-state index < -0.39 is 28.5 Å². The molecular weight excluding hydrogens is 550 g/mol. The van der Waals surface area contributed by atoms with Crippen LogP contribution in [-0.4, -0.2) is 50.9 Å². The predicted molar refractivity (Wildman–Crippen MR) is 167 cm³/mol. The number of aryl methyl sites for hydroxylation is 3. The van der Waals surface area contributed by atoms with Gasteiger partial charge >= 0.3 is 0 Å². The standard InChI is InChI=1S/C33H43N3O5S/c1-8-26(6)34-33(38)29(9-2)35(21-27-15-10-23(3)11-16-27)32(37)22-36(30-20-25(5)14-19-31(30)41-7)42(39,40)28-17-12-24(4)13-18-28/h10-20,26,29H,8-9,21-22H2,1-7H3,(H,34,38)/t26-,29-/m0/s1. The van der Waals surface area contributed by atoms with E-state index in [1.165, 1.54) is 24.1 Å². The van der Waals surface area contributed by atoms with Gasteiger partial charge < -0.3 is 15.0 Å². The van der Waals surface area contributed by atoms with Crippen LogP contribution in [0.3, 0.4) is 0 Å². The van der Waals surface area contributed by atoms with E-state index in [9.17, 15) is 18.0 Å². The number of methoxy groups -OCH3 is 1. The molecule has 0 unspecified atom stereocenters. The first-order valence-electron chi connectivity index (χ1n) is 14.3. The van der Waals surface area contributed by atoms with Gasteiger partial charge in [-0.3, -0.25) is 13.9 Å². The van der Waals surface area contributed by atoms with E-state index >= 15 is 0 Å². The molecule has 9 heteroatoms. The topological polar surface area (TPSA) is 96.0 Å². The SMILES string of the molecule is CC[C@H](C)NC(=O)[C@H](CC)N(Cc1ccc(C)cc1)C(=O)CN(c1cc(C)ccc1OC)S(=O)(=O)c1ccc(C)cc1. The van der Waals surface area contributed by atoms with Crippen LogP contribution in [0.15, 0.2) is 71.6 Å². The van der Waals surface area contributed by atoms with Gasteiger partial charge in [-0.2, -0.15) is 0 Å². The zero-order valence-electron chi connectivity index (χ0n) is 25.7. The van der Waals surface area contributed by atoms with E-state index in [4.69, 9.17) is 4.74 Å². The fourth-order valence-corrected chi connectivity index (χ4v) is 6.01. The van der Waals surface area contributed by atoms with E-state index in [0.29, 0.717) is 12.2 Å². The molecule has 226 valence electrons. The highest BCUT2D eigenvalue weighted by atomic mass is 32.2. The highest BCUT2D eigenvalue weighted by molar-refractivity contribution is 7.92. The number of carbonyl (C=O) groups is 2. The van der Waals surface area contributed by atoms with E-state index in [0.717, 1.165) is 33.0 Å². The summed E-state index contributed by atoms with van der Waals surface area (Å²) in [5.74, 6) is -0.454. The second-order valence-corrected chi connectivity index (χ2v) is 12.6. The minimum absolute atomic E-state index is 0.0519. The number of amides is 2. The lowest BCUT2D eigenvalue weighted by Gasteiger charge is -2.34. The maximum absolute atomic E-state index is 14.3. The molecule has 0 aliphatic carbocycles. The Morgan fingerprint density at radius 1 is 0.857 bits per heavy atom. The second-order valence-electron chi connectivity index (χ2n) is 10.7. The zero-order chi connectivity index (χ0) is 31.0. The zero-order valence-corrected chi connectivity index (χ0v) is 26.5. The Balaban J connectivity index is 2.12. The van der Waals surface area contributed by atoms with Gasteiger partial charge in [0, 0.05) is 12.6 Å². The molecule has 0 aliphatic heterocycles. The summed E-state index contributed by atoms with van der Waals surface area (Å²) in [7, 11) is -2.74. The summed E-state index contributed by atoms with van der Waals surface area (Å²) in [6.07, 6.45) is 1.10. The monoisotopic (exact) mass is 593 g/mol. The molecule has 2 amide bonds. The minimum atomic E-state index is -4.20. The molecule has 3 aromatic carbocycles. The van der Waals surface area contributed by atoms with E-state index in [1.54, 1.807) is 24.3 Å². The average Bonchev–Trinajstić information content (AvgIpc) is 2.96. The normalized spacial score (nSPS) is 12.7. The number of hydrogen-bond acceptors (Lipinski definition) is 5. The number of ether oxygens (including phenoxy) is 1. The Hall–Kier alpha value is -3.85. The van der Waals surface area contributed by atoms with Gasteiger partial charge in [0.05, 0.1) is 17.7 Å². The van der Waals surface area contributed by atoms with Crippen LogP contribution in [0.2, 0.25) is 0 Å². The van der Waals surface area contributed by atoms with Crippen LogP contribution in [0.25, 0.3) is 0 Å². The van der Waals surface area contributed by atoms with Gasteiger partial charge in [-0.25, -0.2) is 8.42 Å². The smallest absolute Gasteiger partial charge is 0.264 e. The van der Waals surface area contributed by atoms with Gasteiger partial charge in [0.2, 0.25) is 11.8 Å². The van der Waals surface area contributed by atoms with Crippen LogP contribution in [0.1, 0.15) is 55.9 Å². The van der Waals surface area contributed by atoms with Crippen molar-refractivity contribution in [2.75, 3.05) is 18.0 Å². The molecule has 1 N–H and O–H groups in total. The lowest BCUT2D eigenvalue weighted by atomic mass is 10.1. The third kappa shape index (κ3) is 7.91. The molecule has 0 heterocycles. The molecular formula is C33H43N3O5S. The number of benzene rings is 3. The number of nitrogens with one attached hydrogen (secondary N) is 1. The molecule has 3 rings (SSSR count). The van der Waals surface area contributed by atoms with Crippen LogP contribution >= 0.6 is 0 Å². The molecule has 0 bridgehead atoms. The number of nitrogens with zero attached hydrogens (tertiary/aromatic N) is 2. The third-order valence-corrected chi connectivity index (χ3v) is 9.13. The Labute approximate surface area is 250 Å². The molecule has 0 spiro atoms. The van der Waals surface area contributed by atoms with Crippen LogP contribution in [0, 0.1) is 20.8 Å². The molecule has 0 fully saturated rings. The summed E-state index contributed by atoms with van der Waals surface area (Å²) in [5, 5.41) is 3.00. The van der Waals surface area contributed by atoms with Crippen LogP contribution in [0.5, 0.6) is 5.75 Å². The fourth-order valence-electron chi connectivity index (χ4n) is 4.60. The number of carbonyl (C=O) groups excluding carboxylic acids is 2. The maximum Gasteiger partial charge on any atom is 0.264 e. The van der Waals surface area contributed by atoms with Crippen molar-refractivity contribution in [1.29, 1.82) is 0 Å². The Morgan fingerprint density at radius 2 is 1.43 bits per heavy atom. The highest BCUT2D eigenvalue weighted by Gasteiger charge is 2.35. The van der Waals surface area contributed by atoms with Gasteiger partial charge in [-0.1, -0.05) is 67.4 Å². The molecule has 42 heavy (non-hydrogen) atoms. The summed E-state index contributed by atoms with van der Waals surface area (Å²) in [4.78, 5) is 29.2. The summed E-state index contributed by atoms with van der Waals surface area (Å²) in [6, 6.07) is 18.6. The minimum Gasteiger partial charge on any atom is -0.495 e. The van der Waals surface area contributed by atoms with E-state index in [1.807, 2.05) is 71.9 Å². The largest absolute Gasteiger partial charge is 0.495 e. The van der Waals surface area contributed by atoms with Crippen molar-refractivity contribution in [1.82, 2.24) is 10.2 Å². The first-order valence-corrected chi connectivity index (χ1v) is 15.7. The molecule has 2 atom stereocenters. The Bertz CT molecular complexity index is 1470. The molecule has 0 aliphatic rings. The van der Waals surface area contributed by atoms with Crippen LogP contribution < -0.4 is 14.4 Å².